The molecule has 0 radical (unpaired) electrons. The fourth-order valence-corrected chi connectivity index (χ4v) is 5.72. The number of hydrogen-bond donors (Lipinski definition) is 0. The number of allylic oxidation sites excluding steroid dienone is 2. The van der Waals surface area contributed by atoms with Crippen molar-refractivity contribution < 1.29 is 13.9 Å². The molecule has 0 saturated heterocycles. The van der Waals surface area contributed by atoms with Gasteiger partial charge < -0.3 is 9.15 Å². The van der Waals surface area contributed by atoms with Crippen LogP contribution in [0.15, 0.2) is 34.7 Å². The molecule has 0 aliphatic heterocycles. The Morgan fingerprint density at radius 1 is 1.36 bits per heavy atom. The van der Waals surface area contributed by atoms with Gasteiger partial charge in [0.2, 0.25) is 0 Å². The second kappa shape index (κ2) is 6.66. The molecule has 4 atom stereocenters. The second-order valence-corrected chi connectivity index (χ2v) is 9.03. The van der Waals surface area contributed by atoms with Crippen LogP contribution in [0.4, 0.5) is 0 Å². The first kappa shape index (κ1) is 18.3. The van der Waals surface area contributed by atoms with Crippen molar-refractivity contribution in [3.05, 3.63) is 35.8 Å². The zero-order valence-corrected chi connectivity index (χ0v) is 16.3. The SMILES string of the molecule is CC(=O)O[C@@H](C[C@H]1C(C)=CC[C@H]2C(C)(C)CCC[C@]12C)c1ccoc1. The highest BCUT2D eigenvalue weighted by atomic mass is 16.5. The normalized spacial score (nSPS) is 32.4. The van der Waals surface area contributed by atoms with Gasteiger partial charge in [0, 0.05) is 12.5 Å². The summed E-state index contributed by atoms with van der Waals surface area (Å²) in [7, 11) is 0. The monoisotopic (exact) mass is 344 g/mol. The number of esters is 1. The molecule has 2 aliphatic rings. The standard InChI is InChI=1S/C22H32O3/c1-15-7-8-20-21(3,4)10-6-11-22(20,5)18(15)13-19(25-16(2)23)17-9-12-24-14-17/h7,9,12,14,18-20H,6,8,10-11,13H2,1-5H3/t18-,19-,20-,22+/m0/s1. The highest BCUT2D eigenvalue weighted by molar-refractivity contribution is 5.66. The highest BCUT2D eigenvalue weighted by Crippen LogP contribution is 2.61. The molecule has 25 heavy (non-hydrogen) atoms. The molecule has 0 bridgehead atoms. The lowest BCUT2D eigenvalue weighted by Crippen LogP contribution is -2.48. The van der Waals surface area contributed by atoms with Crippen molar-refractivity contribution in [2.24, 2.45) is 22.7 Å². The molecule has 138 valence electrons. The van der Waals surface area contributed by atoms with Gasteiger partial charge in [0.1, 0.15) is 6.10 Å². The van der Waals surface area contributed by atoms with Gasteiger partial charge in [0.15, 0.2) is 0 Å². The summed E-state index contributed by atoms with van der Waals surface area (Å²) in [5.41, 5.74) is 3.05. The van der Waals surface area contributed by atoms with E-state index in [2.05, 4.69) is 33.8 Å². The minimum absolute atomic E-state index is 0.227. The van der Waals surface area contributed by atoms with Crippen molar-refractivity contribution in [3.63, 3.8) is 0 Å². The summed E-state index contributed by atoms with van der Waals surface area (Å²) in [6, 6.07) is 1.92. The van der Waals surface area contributed by atoms with E-state index >= 15 is 0 Å². The molecule has 1 fully saturated rings. The van der Waals surface area contributed by atoms with Crippen LogP contribution in [-0.2, 0) is 9.53 Å². The average Bonchev–Trinajstić information content (AvgIpc) is 3.02. The molecule has 1 heterocycles. The summed E-state index contributed by atoms with van der Waals surface area (Å²) in [5.74, 6) is 0.893. The van der Waals surface area contributed by atoms with Crippen LogP contribution >= 0.6 is 0 Å². The summed E-state index contributed by atoms with van der Waals surface area (Å²) in [5, 5.41) is 0. The van der Waals surface area contributed by atoms with E-state index in [-0.39, 0.29) is 17.5 Å². The third kappa shape index (κ3) is 3.43. The Labute approximate surface area is 151 Å². The zero-order chi connectivity index (χ0) is 18.2. The van der Waals surface area contributed by atoms with Crippen molar-refractivity contribution >= 4 is 5.97 Å². The van der Waals surface area contributed by atoms with Gasteiger partial charge in [-0.15, -0.1) is 0 Å². The fraction of sp³-hybridized carbons (Fsp3) is 0.682. The number of carbonyl (C=O) groups is 1. The van der Waals surface area contributed by atoms with E-state index in [1.165, 1.54) is 38.2 Å². The average molecular weight is 344 g/mol. The summed E-state index contributed by atoms with van der Waals surface area (Å²) in [6.07, 6.45) is 11.4. The van der Waals surface area contributed by atoms with Crippen LogP contribution in [0.5, 0.6) is 0 Å². The number of furan rings is 1. The minimum atomic E-state index is -0.231. The largest absolute Gasteiger partial charge is 0.472 e. The van der Waals surface area contributed by atoms with Crippen molar-refractivity contribution in [2.45, 2.75) is 72.8 Å². The molecular weight excluding hydrogens is 312 g/mol. The Hall–Kier alpha value is -1.51. The Morgan fingerprint density at radius 2 is 2.12 bits per heavy atom. The molecule has 2 aliphatic carbocycles. The molecule has 1 aromatic heterocycles. The maximum Gasteiger partial charge on any atom is 0.303 e. The first-order valence-electron chi connectivity index (χ1n) is 9.60. The molecule has 0 unspecified atom stereocenters. The number of hydrogen-bond acceptors (Lipinski definition) is 3. The van der Waals surface area contributed by atoms with Crippen LogP contribution in [-0.4, -0.2) is 5.97 Å². The molecule has 3 heteroatoms. The van der Waals surface area contributed by atoms with Crippen molar-refractivity contribution in [3.8, 4) is 0 Å². The van der Waals surface area contributed by atoms with Crippen LogP contribution in [0.25, 0.3) is 0 Å². The summed E-state index contributed by atoms with van der Waals surface area (Å²) in [6.45, 7) is 11.1. The van der Waals surface area contributed by atoms with Crippen LogP contribution in [0.3, 0.4) is 0 Å². The maximum atomic E-state index is 11.7. The lowest BCUT2D eigenvalue weighted by molar-refractivity contribution is -0.149. The first-order valence-corrected chi connectivity index (χ1v) is 9.60. The molecule has 0 N–H and O–H groups in total. The molecular formula is C22H32O3. The van der Waals surface area contributed by atoms with Crippen LogP contribution < -0.4 is 0 Å². The molecule has 0 spiro atoms. The van der Waals surface area contributed by atoms with E-state index in [0.717, 1.165) is 12.0 Å². The maximum absolute atomic E-state index is 11.7. The van der Waals surface area contributed by atoms with Crippen molar-refractivity contribution in [1.82, 2.24) is 0 Å². The lowest BCUT2D eigenvalue weighted by atomic mass is 9.48. The summed E-state index contributed by atoms with van der Waals surface area (Å²) in [4.78, 5) is 11.7. The molecule has 0 aromatic carbocycles. The quantitative estimate of drug-likeness (QED) is 0.491. The molecule has 1 saturated carbocycles. The fourth-order valence-electron chi connectivity index (χ4n) is 5.72. The summed E-state index contributed by atoms with van der Waals surface area (Å²) < 4.78 is 10.9. The van der Waals surface area contributed by atoms with Gasteiger partial charge in [-0.1, -0.05) is 38.8 Å². The van der Waals surface area contributed by atoms with E-state index < -0.39 is 0 Å². The van der Waals surface area contributed by atoms with Crippen molar-refractivity contribution in [1.29, 1.82) is 0 Å². The number of fused-ring (bicyclic) bond motifs is 1. The number of rotatable bonds is 4. The first-order chi connectivity index (χ1) is 11.7. The van der Waals surface area contributed by atoms with E-state index in [1.54, 1.807) is 12.5 Å². The lowest BCUT2D eigenvalue weighted by Gasteiger charge is -2.57. The van der Waals surface area contributed by atoms with E-state index in [1.807, 2.05) is 6.07 Å². The zero-order valence-electron chi connectivity index (χ0n) is 16.3. The Balaban J connectivity index is 1.91. The van der Waals surface area contributed by atoms with Crippen LogP contribution in [0.1, 0.15) is 78.4 Å². The topological polar surface area (TPSA) is 39.4 Å². The Bertz CT molecular complexity index is 640. The molecule has 3 nitrogen and oxygen atoms in total. The van der Waals surface area contributed by atoms with Gasteiger partial charge in [-0.25, -0.2) is 0 Å². The third-order valence-corrected chi connectivity index (χ3v) is 6.97. The molecule has 3 rings (SSSR count). The summed E-state index contributed by atoms with van der Waals surface area (Å²) >= 11 is 0. The smallest absolute Gasteiger partial charge is 0.303 e. The Kier molecular flexibility index (Phi) is 4.87. The van der Waals surface area contributed by atoms with Gasteiger partial charge >= 0.3 is 5.97 Å². The van der Waals surface area contributed by atoms with E-state index in [9.17, 15) is 4.79 Å². The minimum Gasteiger partial charge on any atom is -0.472 e. The molecule has 0 amide bonds. The van der Waals surface area contributed by atoms with Gasteiger partial charge in [0.05, 0.1) is 12.5 Å². The molecule has 1 aromatic rings. The number of carbonyl (C=O) groups excluding carboxylic acids is 1. The predicted octanol–water partition coefficient (Wildman–Crippen LogP) is 6.07. The number of ether oxygens (including phenoxy) is 1. The third-order valence-electron chi connectivity index (χ3n) is 6.97. The second-order valence-electron chi connectivity index (χ2n) is 9.03. The van der Waals surface area contributed by atoms with E-state index in [4.69, 9.17) is 9.15 Å². The van der Waals surface area contributed by atoms with Gasteiger partial charge in [-0.05, 0) is 61.3 Å². The van der Waals surface area contributed by atoms with Gasteiger partial charge in [-0.3, -0.25) is 4.79 Å². The van der Waals surface area contributed by atoms with Crippen LogP contribution in [0, 0.1) is 22.7 Å². The van der Waals surface area contributed by atoms with Gasteiger partial charge in [-0.2, -0.15) is 0 Å². The van der Waals surface area contributed by atoms with E-state index in [0.29, 0.717) is 17.3 Å². The van der Waals surface area contributed by atoms with Gasteiger partial charge in [0.25, 0.3) is 0 Å². The Morgan fingerprint density at radius 3 is 2.76 bits per heavy atom. The highest BCUT2D eigenvalue weighted by Gasteiger charge is 2.52. The van der Waals surface area contributed by atoms with Crippen molar-refractivity contribution in [2.75, 3.05) is 0 Å². The van der Waals surface area contributed by atoms with Crippen LogP contribution in [0.2, 0.25) is 0 Å². The predicted molar refractivity (Wildman–Crippen MR) is 98.9 cm³/mol.